The molecule has 0 heterocycles. The van der Waals surface area contributed by atoms with Crippen LogP contribution in [0.15, 0.2) is 12.7 Å². The van der Waals surface area contributed by atoms with Crippen molar-refractivity contribution in [1.82, 2.24) is 4.90 Å². The Kier molecular flexibility index (Phi) is 11.5. The van der Waals surface area contributed by atoms with Crippen LogP contribution in [0.5, 0.6) is 0 Å². The first-order chi connectivity index (χ1) is 10.1. The van der Waals surface area contributed by atoms with E-state index >= 15 is 0 Å². The van der Waals surface area contributed by atoms with Gasteiger partial charge in [-0.15, -0.1) is 0 Å². The number of hydrogen-bond donors (Lipinski definition) is 0. The lowest BCUT2D eigenvalue weighted by molar-refractivity contribution is -0.126. The second-order valence-electron chi connectivity index (χ2n) is 4.62. The molecule has 0 bridgehead atoms. The van der Waals surface area contributed by atoms with Gasteiger partial charge in [0, 0.05) is 32.9 Å². The van der Waals surface area contributed by atoms with E-state index in [2.05, 4.69) is 13.5 Å². The van der Waals surface area contributed by atoms with Gasteiger partial charge in [-0.1, -0.05) is 26.0 Å². The van der Waals surface area contributed by atoms with Gasteiger partial charge < -0.3 is 18.2 Å². The highest BCUT2D eigenvalue weighted by Gasteiger charge is 2.25. The van der Waals surface area contributed by atoms with Gasteiger partial charge in [0.2, 0.25) is 5.91 Å². The molecule has 21 heavy (non-hydrogen) atoms. The molecule has 0 spiro atoms. The number of carbonyl (C=O) groups excluding carboxylic acids is 1. The van der Waals surface area contributed by atoms with Crippen molar-refractivity contribution in [3.8, 4) is 0 Å². The molecule has 0 aromatic carbocycles. The van der Waals surface area contributed by atoms with Gasteiger partial charge in [0.05, 0.1) is 0 Å². The summed E-state index contributed by atoms with van der Waals surface area (Å²) in [7, 11) is -2.59. The molecule has 6 heteroatoms. The fourth-order valence-electron chi connectivity index (χ4n) is 2.22. The molecule has 0 rings (SSSR count). The van der Waals surface area contributed by atoms with Crippen LogP contribution in [-0.2, 0) is 18.1 Å². The van der Waals surface area contributed by atoms with Crippen LogP contribution in [-0.4, -0.2) is 52.5 Å². The molecule has 0 aliphatic heterocycles. The predicted octanol–water partition coefficient (Wildman–Crippen LogP) is 2.85. The summed E-state index contributed by atoms with van der Waals surface area (Å²) < 4.78 is 17.4. The summed E-state index contributed by atoms with van der Waals surface area (Å²) in [5.41, 5.74) is 0. The van der Waals surface area contributed by atoms with E-state index in [1.807, 2.05) is 25.7 Å². The third-order valence-electron chi connectivity index (χ3n) is 2.98. The summed E-state index contributed by atoms with van der Waals surface area (Å²) >= 11 is 0. The van der Waals surface area contributed by atoms with Crippen molar-refractivity contribution in [1.29, 1.82) is 0 Å². The number of nitrogens with zero attached hydrogens (tertiary/aromatic N) is 1. The summed E-state index contributed by atoms with van der Waals surface area (Å²) in [6.07, 6.45) is 3.12. The lowest BCUT2D eigenvalue weighted by Crippen LogP contribution is -2.46. The van der Waals surface area contributed by atoms with Gasteiger partial charge in [0.15, 0.2) is 0 Å². The zero-order valence-electron chi connectivity index (χ0n) is 14.0. The molecular formula is C15H31NO4Si-. The first-order valence-corrected chi connectivity index (χ1v) is 9.85. The summed E-state index contributed by atoms with van der Waals surface area (Å²) in [6, 6.07) is 0.729. The zero-order valence-corrected chi connectivity index (χ0v) is 15.0. The average Bonchev–Trinajstić information content (AvgIpc) is 2.46. The minimum absolute atomic E-state index is 0.0200. The minimum Gasteiger partial charge on any atom is -0.525 e. The van der Waals surface area contributed by atoms with Crippen molar-refractivity contribution < 1.29 is 18.1 Å². The summed E-state index contributed by atoms with van der Waals surface area (Å²) in [5.74, 6) is -0.0200. The number of hydrogen-bond acceptors (Lipinski definition) is 4. The van der Waals surface area contributed by atoms with Gasteiger partial charge in [-0.3, -0.25) is 4.79 Å². The molecule has 5 nitrogen and oxygen atoms in total. The van der Waals surface area contributed by atoms with Crippen LogP contribution in [0, 0.1) is 0 Å². The normalized spacial score (nSPS) is 11.4. The standard InChI is InChI=1S/C15H31NO4Si/c1-6-12-16(15(17)7-2)13-11-14-21(18-8-3,19-9-4)20-10-5/h7H,2,6,8-14H2,1,3-5H3/q-1. The van der Waals surface area contributed by atoms with E-state index in [0.29, 0.717) is 26.4 Å². The van der Waals surface area contributed by atoms with E-state index in [1.54, 1.807) is 0 Å². The average molecular weight is 318 g/mol. The molecule has 0 N–H and O–H groups in total. The highest BCUT2D eigenvalue weighted by molar-refractivity contribution is 6.60. The molecule has 125 valence electrons. The van der Waals surface area contributed by atoms with Crippen LogP contribution in [0.25, 0.3) is 0 Å². The van der Waals surface area contributed by atoms with Crippen molar-refractivity contribution in [3.05, 3.63) is 12.7 Å². The van der Waals surface area contributed by atoms with Crippen molar-refractivity contribution in [2.75, 3.05) is 32.9 Å². The lowest BCUT2D eigenvalue weighted by atomic mass is 10.3. The largest absolute Gasteiger partial charge is 0.525 e. The molecule has 0 aromatic rings. The third-order valence-corrected chi connectivity index (χ3v) is 6.13. The first-order valence-electron chi connectivity index (χ1n) is 7.92. The molecule has 0 saturated heterocycles. The maximum atomic E-state index is 11.8. The van der Waals surface area contributed by atoms with Crippen molar-refractivity contribution >= 4 is 14.7 Å². The Balaban J connectivity index is 4.56. The van der Waals surface area contributed by atoms with E-state index in [0.717, 1.165) is 25.4 Å². The quantitative estimate of drug-likeness (QED) is 0.387. The van der Waals surface area contributed by atoms with Gasteiger partial charge >= 0.3 is 0 Å². The topological polar surface area (TPSA) is 48.0 Å². The molecule has 0 saturated carbocycles. The molecule has 1 amide bonds. The van der Waals surface area contributed by atoms with Crippen LogP contribution in [0.2, 0.25) is 6.04 Å². The first kappa shape index (κ1) is 20.3. The predicted molar refractivity (Wildman–Crippen MR) is 87.1 cm³/mol. The molecule has 0 atom stereocenters. The molecule has 0 unspecified atom stereocenters. The van der Waals surface area contributed by atoms with Crippen molar-refractivity contribution in [2.24, 2.45) is 0 Å². The van der Waals surface area contributed by atoms with E-state index in [1.165, 1.54) is 6.08 Å². The SMILES string of the molecule is C=CC(=O)N(CCC)CCC[Si-](OCC)(OCC)OCC. The summed E-state index contributed by atoms with van der Waals surface area (Å²) in [6.45, 7) is 14.6. The number of carbonyl (C=O) groups is 1. The maximum absolute atomic E-state index is 11.8. The zero-order chi connectivity index (χ0) is 16.1. The minimum atomic E-state index is -2.59. The van der Waals surface area contributed by atoms with Crippen LogP contribution in [0.4, 0.5) is 0 Å². The Labute approximate surface area is 130 Å². The third kappa shape index (κ3) is 7.76. The molecular weight excluding hydrogens is 286 g/mol. The second kappa shape index (κ2) is 11.9. The van der Waals surface area contributed by atoms with E-state index in [9.17, 15) is 4.79 Å². The summed E-state index contributed by atoms with van der Waals surface area (Å²) in [5, 5.41) is 0. The van der Waals surface area contributed by atoms with Crippen molar-refractivity contribution in [2.45, 2.75) is 46.6 Å². The molecule has 0 aliphatic carbocycles. The van der Waals surface area contributed by atoms with Crippen molar-refractivity contribution in [3.63, 3.8) is 0 Å². The van der Waals surface area contributed by atoms with Gasteiger partial charge in [-0.05, 0) is 33.3 Å². The van der Waals surface area contributed by atoms with Crippen LogP contribution in [0.1, 0.15) is 40.5 Å². The summed E-state index contributed by atoms with van der Waals surface area (Å²) in [4.78, 5) is 13.6. The fourth-order valence-corrected chi connectivity index (χ4v) is 4.81. The Morgan fingerprint density at radius 2 is 1.57 bits per heavy atom. The lowest BCUT2D eigenvalue weighted by Gasteiger charge is -2.42. The number of rotatable bonds is 13. The van der Waals surface area contributed by atoms with Gasteiger partial charge in [0.25, 0.3) is 8.80 Å². The molecule has 0 aliphatic rings. The second-order valence-corrected chi connectivity index (χ2v) is 7.35. The smallest absolute Gasteiger partial charge is 0.281 e. The molecule has 0 fully saturated rings. The van der Waals surface area contributed by atoms with E-state index in [-0.39, 0.29) is 5.91 Å². The molecule has 0 radical (unpaired) electrons. The van der Waals surface area contributed by atoms with Gasteiger partial charge in [-0.2, -0.15) is 0 Å². The number of amides is 1. The monoisotopic (exact) mass is 317 g/mol. The Bertz CT molecular complexity index is 282. The Morgan fingerprint density at radius 1 is 1.05 bits per heavy atom. The van der Waals surface area contributed by atoms with Gasteiger partial charge in [-0.25, -0.2) is 0 Å². The highest BCUT2D eigenvalue weighted by Crippen LogP contribution is 2.18. The highest BCUT2D eigenvalue weighted by atomic mass is 28.4. The van der Waals surface area contributed by atoms with Crippen LogP contribution >= 0.6 is 0 Å². The van der Waals surface area contributed by atoms with E-state index < -0.39 is 8.80 Å². The Morgan fingerprint density at radius 3 is 1.95 bits per heavy atom. The maximum Gasteiger partial charge on any atom is 0.281 e. The van der Waals surface area contributed by atoms with E-state index in [4.69, 9.17) is 13.3 Å². The van der Waals surface area contributed by atoms with Crippen LogP contribution in [0.3, 0.4) is 0 Å². The molecule has 0 aromatic heterocycles. The van der Waals surface area contributed by atoms with Gasteiger partial charge in [0.1, 0.15) is 0 Å². The fraction of sp³-hybridized carbons (Fsp3) is 0.800. The Hall–Kier alpha value is -0.693. The van der Waals surface area contributed by atoms with Crippen LogP contribution < -0.4 is 0 Å².